The molecule has 0 saturated heterocycles. The Hall–Kier alpha value is -2.39. The predicted molar refractivity (Wildman–Crippen MR) is 90.3 cm³/mol. The zero-order valence-electron chi connectivity index (χ0n) is 13.2. The first-order chi connectivity index (χ1) is 10.6. The second kappa shape index (κ2) is 8.15. The largest absolute Gasteiger partial charge is 0.348 e. The Labute approximate surface area is 132 Å². The fraction of sp³-hybridized carbons (Fsp3) is 0.211. The highest BCUT2D eigenvalue weighted by Crippen LogP contribution is 2.04. The van der Waals surface area contributed by atoms with Gasteiger partial charge in [-0.1, -0.05) is 54.6 Å². The average molecular weight is 295 g/mol. The Morgan fingerprint density at radius 2 is 1.64 bits per heavy atom. The second-order valence-electron chi connectivity index (χ2n) is 5.66. The third-order valence-corrected chi connectivity index (χ3v) is 3.27. The number of hydrogen-bond acceptors (Lipinski definition) is 1. The van der Waals surface area contributed by atoms with E-state index < -0.39 is 0 Å². The van der Waals surface area contributed by atoms with Gasteiger partial charge in [0, 0.05) is 18.2 Å². The van der Waals surface area contributed by atoms with Crippen molar-refractivity contribution < 1.29 is 9.69 Å². The summed E-state index contributed by atoms with van der Waals surface area (Å²) in [6.45, 7) is 1.56. The molecule has 0 aliphatic heterocycles. The van der Waals surface area contributed by atoms with Gasteiger partial charge in [-0.05, 0) is 17.2 Å². The summed E-state index contributed by atoms with van der Waals surface area (Å²) in [6, 6.07) is 18.2. The molecule has 0 atom stereocenters. The van der Waals surface area contributed by atoms with Crippen LogP contribution in [-0.2, 0) is 17.9 Å². The van der Waals surface area contributed by atoms with Crippen molar-refractivity contribution >= 4 is 12.0 Å². The van der Waals surface area contributed by atoms with Crippen LogP contribution in [0.3, 0.4) is 0 Å². The third kappa shape index (κ3) is 5.54. The van der Waals surface area contributed by atoms with E-state index in [0.29, 0.717) is 6.54 Å². The van der Waals surface area contributed by atoms with Gasteiger partial charge in [-0.15, -0.1) is 0 Å². The third-order valence-electron chi connectivity index (χ3n) is 3.27. The molecule has 22 heavy (non-hydrogen) atoms. The lowest BCUT2D eigenvalue weighted by Crippen LogP contribution is -3.04. The molecule has 0 heterocycles. The molecule has 0 saturated carbocycles. The molecule has 0 bridgehead atoms. The van der Waals surface area contributed by atoms with Gasteiger partial charge in [0.2, 0.25) is 5.91 Å². The lowest BCUT2D eigenvalue weighted by molar-refractivity contribution is -0.872. The first-order valence-electron chi connectivity index (χ1n) is 7.51. The van der Waals surface area contributed by atoms with Crippen LogP contribution < -0.4 is 10.2 Å². The molecule has 114 valence electrons. The Bertz CT molecular complexity index is 616. The van der Waals surface area contributed by atoms with E-state index in [0.717, 1.165) is 17.7 Å². The average Bonchev–Trinajstić information content (AvgIpc) is 2.53. The fourth-order valence-electron chi connectivity index (χ4n) is 2.17. The quantitative estimate of drug-likeness (QED) is 0.781. The summed E-state index contributed by atoms with van der Waals surface area (Å²) in [6.07, 6.45) is 3.39. The highest BCUT2D eigenvalue weighted by Gasteiger charge is 2.00. The van der Waals surface area contributed by atoms with Crippen LogP contribution in [0.15, 0.2) is 60.7 Å². The fourth-order valence-corrected chi connectivity index (χ4v) is 2.17. The molecule has 1 amide bonds. The standard InChI is InChI=1S/C19H22N2O/c1-21(2)15-18-10-8-17(9-11-18)14-20-19(22)13-12-16-6-4-3-5-7-16/h3-13H,14-15H2,1-2H3,(H,20,22)/p+1/b13-12+. The van der Waals surface area contributed by atoms with Gasteiger partial charge in [0.1, 0.15) is 6.54 Å². The van der Waals surface area contributed by atoms with Crippen LogP contribution in [0, 0.1) is 0 Å². The van der Waals surface area contributed by atoms with Gasteiger partial charge in [-0.3, -0.25) is 4.79 Å². The maximum absolute atomic E-state index is 11.8. The minimum Gasteiger partial charge on any atom is -0.348 e. The minimum atomic E-state index is -0.0781. The molecule has 0 radical (unpaired) electrons. The smallest absolute Gasteiger partial charge is 0.244 e. The lowest BCUT2D eigenvalue weighted by Gasteiger charge is -2.08. The molecule has 0 aliphatic rings. The van der Waals surface area contributed by atoms with Gasteiger partial charge in [-0.2, -0.15) is 0 Å². The lowest BCUT2D eigenvalue weighted by atomic mass is 10.1. The summed E-state index contributed by atoms with van der Waals surface area (Å²) in [5.74, 6) is -0.0781. The van der Waals surface area contributed by atoms with Gasteiger partial charge in [0.15, 0.2) is 0 Å². The van der Waals surface area contributed by atoms with Crippen LogP contribution in [0.5, 0.6) is 0 Å². The predicted octanol–water partition coefficient (Wildman–Crippen LogP) is 1.66. The number of quaternary nitrogens is 1. The molecule has 2 aromatic carbocycles. The van der Waals surface area contributed by atoms with Crippen molar-refractivity contribution in [1.29, 1.82) is 0 Å². The highest BCUT2D eigenvalue weighted by molar-refractivity contribution is 5.91. The van der Waals surface area contributed by atoms with Gasteiger partial charge in [0.05, 0.1) is 14.1 Å². The summed E-state index contributed by atoms with van der Waals surface area (Å²) < 4.78 is 0. The van der Waals surface area contributed by atoms with Crippen molar-refractivity contribution in [3.8, 4) is 0 Å². The zero-order valence-corrected chi connectivity index (χ0v) is 13.2. The zero-order chi connectivity index (χ0) is 15.8. The summed E-state index contributed by atoms with van der Waals surface area (Å²) in [5, 5.41) is 2.90. The van der Waals surface area contributed by atoms with Crippen molar-refractivity contribution in [2.24, 2.45) is 0 Å². The first kappa shape index (κ1) is 16.0. The number of nitrogens with one attached hydrogen (secondary N) is 2. The van der Waals surface area contributed by atoms with Crippen LogP contribution >= 0.6 is 0 Å². The van der Waals surface area contributed by atoms with Gasteiger partial charge in [-0.25, -0.2) is 0 Å². The molecule has 2 rings (SSSR count). The molecule has 0 unspecified atom stereocenters. The number of carbonyl (C=O) groups is 1. The Morgan fingerprint density at radius 3 is 2.27 bits per heavy atom. The monoisotopic (exact) mass is 295 g/mol. The topological polar surface area (TPSA) is 33.5 Å². The first-order valence-corrected chi connectivity index (χ1v) is 7.51. The number of rotatable bonds is 6. The van der Waals surface area contributed by atoms with E-state index >= 15 is 0 Å². The Balaban J connectivity index is 1.82. The normalized spacial score (nSPS) is 11.0. The van der Waals surface area contributed by atoms with Gasteiger partial charge < -0.3 is 10.2 Å². The van der Waals surface area contributed by atoms with E-state index in [1.807, 2.05) is 36.4 Å². The second-order valence-corrected chi connectivity index (χ2v) is 5.66. The van der Waals surface area contributed by atoms with E-state index in [9.17, 15) is 4.79 Å². The number of hydrogen-bond donors (Lipinski definition) is 2. The summed E-state index contributed by atoms with van der Waals surface area (Å²) in [4.78, 5) is 13.2. The van der Waals surface area contributed by atoms with E-state index in [1.54, 1.807) is 6.08 Å². The summed E-state index contributed by atoms with van der Waals surface area (Å²) in [5.41, 5.74) is 3.44. The van der Waals surface area contributed by atoms with Crippen LogP contribution in [0.2, 0.25) is 0 Å². The maximum Gasteiger partial charge on any atom is 0.244 e. The molecular formula is C19H23N2O+. The Kier molecular flexibility index (Phi) is 5.92. The van der Waals surface area contributed by atoms with Crippen molar-refractivity contribution in [2.45, 2.75) is 13.1 Å². The van der Waals surface area contributed by atoms with Crippen molar-refractivity contribution in [3.05, 3.63) is 77.4 Å². The maximum atomic E-state index is 11.8. The molecule has 0 aromatic heterocycles. The molecule has 0 fully saturated rings. The van der Waals surface area contributed by atoms with E-state index in [-0.39, 0.29) is 5.91 Å². The number of carbonyl (C=O) groups excluding carboxylic acids is 1. The minimum absolute atomic E-state index is 0.0781. The van der Waals surface area contributed by atoms with Crippen LogP contribution in [0.25, 0.3) is 6.08 Å². The molecule has 2 N–H and O–H groups in total. The molecule has 3 heteroatoms. The highest BCUT2D eigenvalue weighted by atomic mass is 16.1. The Morgan fingerprint density at radius 1 is 1.00 bits per heavy atom. The molecule has 0 aliphatic carbocycles. The van der Waals surface area contributed by atoms with Crippen molar-refractivity contribution in [1.82, 2.24) is 5.32 Å². The van der Waals surface area contributed by atoms with Crippen LogP contribution in [0.1, 0.15) is 16.7 Å². The van der Waals surface area contributed by atoms with E-state index in [1.165, 1.54) is 10.5 Å². The molecule has 0 spiro atoms. The van der Waals surface area contributed by atoms with Crippen molar-refractivity contribution in [3.63, 3.8) is 0 Å². The molecule has 2 aromatic rings. The number of amides is 1. The van der Waals surface area contributed by atoms with Crippen LogP contribution in [-0.4, -0.2) is 20.0 Å². The van der Waals surface area contributed by atoms with Crippen LogP contribution in [0.4, 0.5) is 0 Å². The summed E-state index contributed by atoms with van der Waals surface area (Å²) >= 11 is 0. The van der Waals surface area contributed by atoms with E-state index in [2.05, 4.69) is 43.7 Å². The molecular weight excluding hydrogens is 272 g/mol. The summed E-state index contributed by atoms with van der Waals surface area (Å²) in [7, 11) is 4.26. The van der Waals surface area contributed by atoms with Crippen molar-refractivity contribution in [2.75, 3.05) is 14.1 Å². The van der Waals surface area contributed by atoms with Gasteiger partial charge in [0.25, 0.3) is 0 Å². The van der Waals surface area contributed by atoms with Gasteiger partial charge >= 0.3 is 0 Å². The SMILES string of the molecule is C[NH+](C)Cc1ccc(CNC(=O)/C=C/c2ccccc2)cc1. The number of benzene rings is 2. The van der Waals surface area contributed by atoms with E-state index in [4.69, 9.17) is 0 Å². The molecule has 3 nitrogen and oxygen atoms in total.